The molecule has 9 heteroatoms. The maximum Gasteiger partial charge on any atom is 0.254 e. The van der Waals surface area contributed by atoms with Crippen LogP contribution in [0.3, 0.4) is 0 Å². The molecule has 170 valence electrons. The second-order valence-corrected chi connectivity index (χ2v) is 7.89. The van der Waals surface area contributed by atoms with Gasteiger partial charge in [0.05, 0.1) is 15.6 Å². The molecular weight excluding hydrogens is 461 g/mol. The van der Waals surface area contributed by atoms with Crippen LogP contribution in [0.1, 0.15) is 22.3 Å². The normalized spacial score (nSPS) is 11.8. The van der Waals surface area contributed by atoms with Crippen LogP contribution in [0.2, 0.25) is 10.0 Å². The van der Waals surface area contributed by atoms with E-state index in [2.05, 4.69) is 20.6 Å². The Balaban J connectivity index is 1.66. The van der Waals surface area contributed by atoms with Gasteiger partial charge < -0.3 is 15.5 Å². The van der Waals surface area contributed by atoms with Gasteiger partial charge >= 0.3 is 0 Å². The first-order valence-corrected chi connectivity index (χ1v) is 10.9. The quantitative estimate of drug-likeness (QED) is 0.492. The largest absolute Gasteiger partial charge is 0.357 e. The Morgan fingerprint density at radius 2 is 1.67 bits per heavy atom. The van der Waals surface area contributed by atoms with Crippen LogP contribution in [-0.4, -0.2) is 41.9 Å². The summed E-state index contributed by atoms with van der Waals surface area (Å²) >= 11 is 12.2. The van der Waals surface area contributed by atoms with Crippen molar-refractivity contribution in [3.8, 4) is 0 Å². The topological polar surface area (TPSA) is 87.2 Å². The summed E-state index contributed by atoms with van der Waals surface area (Å²) in [7, 11) is 3.40. The molecule has 3 rings (SSSR count). The summed E-state index contributed by atoms with van der Waals surface area (Å²) in [4.78, 5) is 35.3. The number of hydrogen-bond acceptors (Lipinski definition) is 5. The summed E-state index contributed by atoms with van der Waals surface area (Å²) in [5.74, 6) is -0.234. The van der Waals surface area contributed by atoms with Gasteiger partial charge in [0.15, 0.2) is 0 Å². The number of likely N-dealkylation sites (N-methyl/N-ethyl adjacent to an activating group) is 1. The molecule has 7 nitrogen and oxygen atoms in total. The Morgan fingerprint density at radius 3 is 2.27 bits per heavy atom. The molecule has 0 aliphatic rings. The number of rotatable bonds is 8. The zero-order valence-corrected chi connectivity index (χ0v) is 19.6. The third-order valence-corrected chi connectivity index (χ3v) is 5.50. The van der Waals surface area contributed by atoms with E-state index in [4.69, 9.17) is 23.2 Å². The molecule has 3 aromatic rings. The van der Waals surface area contributed by atoms with Crippen molar-refractivity contribution in [2.24, 2.45) is 0 Å². The van der Waals surface area contributed by atoms with Crippen LogP contribution in [0.15, 0.2) is 67.0 Å². The lowest BCUT2D eigenvalue weighted by molar-refractivity contribution is -0.122. The average molecular weight is 484 g/mol. The van der Waals surface area contributed by atoms with Gasteiger partial charge in [0.25, 0.3) is 5.91 Å². The van der Waals surface area contributed by atoms with Gasteiger partial charge in [-0.3, -0.25) is 9.59 Å². The van der Waals surface area contributed by atoms with Crippen molar-refractivity contribution in [1.29, 1.82) is 0 Å². The lowest BCUT2D eigenvalue weighted by Gasteiger charge is -2.17. The third-order valence-electron chi connectivity index (χ3n) is 4.87. The number of hydrogen-bond donors (Lipinski definition) is 2. The van der Waals surface area contributed by atoms with Crippen LogP contribution in [0.25, 0.3) is 6.08 Å². The summed E-state index contributed by atoms with van der Waals surface area (Å²) in [6, 6.07) is 13.6. The molecule has 0 saturated heterocycles. The molecule has 2 N–H and O–H groups in total. The van der Waals surface area contributed by atoms with Crippen LogP contribution in [-0.2, 0) is 4.79 Å². The van der Waals surface area contributed by atoms with Gasteiger partial charge in [-0.1, -0.05) is 53.6 Å². The van der Waals surface area contributed by atoms with Crippen molar-refractivity contribution < 1.29 is 9.59 Å². The molecule has 0 spiro atoms. The van der Waals surface area contributed by atoms with E-state index >= 15 is 0 Å². The molecule has 0 bridgehead atoms. The zero-order chi connectivity index (χ0) is 23.8. The molecule has 0 aliphatic carbocycles. The van der Waals surface area contributed by atoms with Gasteiger partial charge in [0.2, 0.25) is 11.9 Å². The first-order valence-electron chi connectivity index (χ1n) is 10.1. The van der Waals surface area contributed by atoms with Gasteiger partial charge in [-0.25, -0.2) is 9.97 Å². The van der Waals surface area contributed by atoms with Crippen molar-refractivity contribution in [3.05, 3.63) is 88.2 Å². The monoisotopic (exact) mass is 483 g/mol. The lowest BCUT2D eigenvalue weighted by atomic mass is 10.1. The van der Waals surface area contributed by atoms with Crippen molar-refractivity contribution in [2.75, 3.05) is 19.0 Å². The Hall–Kier alpha value is -3.42. The zero-order valence-electron chi connectivity index (χ0n) is 18.1. The Labute approximate surface area is 202 Å². The van der Waals surface area contributed by atoms with E-state index in [-0.39, 0.29) is 27.9 Å². The Bertz CT molecular complexity index is 1120. The van der Waals surface area contributed by atoms with Gasteiger partial charge in [-0.05, 0) is 42.3 Å². The standard InChI is InChI=1S/C24H23Cl2N5O2/c1-27-22(32)20(30-23(33)21-18(25)7-4-8-19(21)26)9-3-6-16-10-12-17(13-11-16)31(2)24-28-14-5-15-29-24/h3-8,10-15,20H,9H2,1-2H3,(H,27,32)(H,30,33). The highest BCUT2D eigenvalue weighted by Gasteiger charge is 2.22. The summed E-state index contributed by atoms with van der Waals surface area (Å²) in [6.45, 7) is 0. The number of carbonyl (C=O) groups is 2. The number of anilines is 2. The highest BCUT2D eigenvalue weighted by molar-refractivity contribution is 6.39. The van der Waals surface area contributed by atoms with E-state index in [1.54, 1.807) is 36.7 Å². The molecule has 1 heterocycles. The van der Waals surface area contributed by atoms with Gasteiger partial charge in [0, 0.05) is 32.2 Å². The van der Waals surface area contributed by atoms with Crippen molar-refractivity contribution in [1.82, 2.24) is 20.6 Å². The van der Waals surface area contributed by atoms with E-state index in [0.29, 0.717) is 5.95 Å². The second-order valence-electron chi connectivity index (χ2n) is 7.07. The third kappa shape index (κ3) is 6.31. The number of benzene rings is 2. The number of nitrogens with one attached hydrogen (secondary N) is 2. The van der Waals surface area contributed by atoms with Gasteiger partial charge in [-0.15, -0.1) is 0 Å². The van der Waals surface area contributed by atoms with E-state index < -0.39 is 11.9 Å². The minimum Gasteiger partial charge on any atom is -0.357 e. The minimum atomic E-state index is -0.785. The van der Waals surface area contributed by atoms with Crippen LogP contribution in [0, 0.1) is 0 Å². The second kappa shape index (κ2) is 11.4. The minimum absolute atomic E-state index is 0.140. The molecule has 0 saturated carbocycles. The van der Waals surface area contributed by atoms with E-state index in [1.807, 2.05) is 48.4 Å². The molecule has 2 amide bonds. The molecule has 1 atom stereocenters. The predicted octanol–water partition coefficient (Wildman–Crippen LogP) is 4.50. The average Bonchev–Trinajstić information content (AvgIpc) is 2.83. The molecule has 0 aliphatic heterocycles. The van der Waals surface area contributed by atoms with Crippen molar-refractivity contribution in [2.45, 2.75) is 12.5 Å². The molecule has 0 fully saturated rings. The maximum absolute atomic E-state index is 12.7. The number of aromatic nitrogens is 2. The van der Waals surface area contributed by atoms with E-state index in [9.17, 15) is 9.59 Å². The fourth-order valence-electron chi connectivity index (χ4n) is 3.08. The fourth-order valence-corrected chi connectivity index (χ4v) is 3.65. The smallest absolute Gasteiger partial charge is 0.254 e. The van der Waals surface area contributed by atoms with Crippen molar-refractivity contribution in [3.63, 3.8) is 0 Å². The number of carbonyl (C=O) groups excluding carboxylic acids is 2. The molecular formula is C24H23Cl2N5O2. The molecule has 33 heavy (non-hydrogen) atoms. The predicted molar refractivity (Wildman–Crippen MR) is 132 cm³/mol. The van der Waals surface area contributed by atoms with Crippen molar-refractivity contribution >= 4 is 52.7 Å². The summed E-state index contributed by atoms with van der Waals surface area (Å²) in [6.07, 6.45) is 7.38. The highest BCUT2D eigenvalue weighted by Crippen LogP contribution is 2.24. The molecule has 2 aromatic carbocycles. The highest BCUT2D eigenvalue weighted by atomic mass is 35.5. The first kappa shape index (κ1) is 24.2. The number of halogens is 2. The molecule has 0 radical (unpaired) electrons. The summed E-state index contributed by atoms with van der Waals surface area (Å²) in [5.41, 5.74) is 2.02. The van der Waals surface area contributed by atoms with Crippen LogP contribution in [0.5, 0.6) is 0 Å². The van der Waals surface area contributed by atoms with Gasteiger partial charge in [0.1, 0.15) is 6.04 Å². The number of amides is 2. The van der Waals surface area contributed by atoms with Crippen LogP contribution < -0.4 is 15.5 Å². The first-order chi connectivity index (χ1) is 15.9. The molecule has 1 unspecified atom stereocenters. The van der Waals surface area contributed by atoms with Gasteiger partial charge in [-0.2, -0.15) is 0 Å². The molecule has 1 aromatic heterocycles. The fraction of sp³-hybridized carbons (Fsp3) is 0.167. The Morgan fingerprint density at radius 1 is 1.03 bits per heavy atom. The van der Waals surface area contributed by atoms with E-state index in [0.717, 1.165) is 11.3 Å². The summed E-state index contributed by atoms with van der Waals surface area (Å²) in [5, 5.41) is 5.71. The van der Waals surface area contributed by atoms with Crippen LogP contribution in [0.4, 0.5) is 11.6 Å². The maximum atomic E-state index is 12.7. The number of nitrogens with zero attached hydrogens (tertiary/aromatic N) is 3. The summed E-state index contributed by atoms with van der Waals surface area (Å²) < 4.78 is 0. The van der Waals surface area contributed by atoms with E-state index in [1.165, 1.54) is 7.05 Å². The Kier molecular flexibility index (Phi) is 8.40. The SMILES string of the molecule is CNC(=O)C(CC=Cc1ccc(N(C)c2ncccn2)cc1)NC(=O)c1c(Cl)cccc1Cl. The lowest BCUT2D eigenvalue weighted by Crippen LogP contribution is -2.45. The van der Waals surface area contributed by atoms with Crippen LogP contribution >= 0.6 is 23.2 Å².